The third-order valence-corrected chi connectivity index (χ3v) is 4.25. The Hall–Kier alpha value is -2.80. The number of nitrogens with zero attached hydrogens (tertiary/aromatic N) is 3. The van der Waals surface area contributed by atoms with Gasteiger partial charge in [-0.2, -0.15) is 0 Å². The number of aryl methyl sites for hydroxylation is 2. The van der Waals surface area contributed by atoms with Crippen molar-refractivity contribution in [2.24, 2.45) is 0 Å². The monoisotopic (exact) mass is 353 g/mol. The summed E-state index contributed by atoms with van der Waals surface area (Å²) in [6.45, 7) is 5.92. The Labute approximate surface area is 150 Å². The average molecular weight is 353 g/mol. The second kappa shape index (κ2) is 7.40. The molecule has 0 fully saturated rings. The number of thiazole rings is 1. The first-order chi connectivity index (χ1) is 12.0. The standard InChI is InChI=1S/C18H19N5OS/c1-11-8-12(2)21-17(20-11)23-18-22-16(10-25-18)15-6-4-14(5-7-15)9-19-13(3)24/h4-8,10H,9H2,1-3H3,(H,19,24)(H,20,21,22,23). The zero-order chi connectivity index (χ0) is 17.8. The van der Waals surface area contributed by atoms with Crippen LogP contribution in [0.15, 0.2) is 35.7 Å². The van der Waals surface area contributed by atoms with Crippen molar-refractivity contribution < 1.29 is 4.79 Å². The number of hydrogen-bond acceptors (Lipinski definition) is 6. The molecule has 0 spiro atoms. The number of carbonyl (C=O) groups is 1. The number of nitrogens with one attached hydrogen (secondary N) is 2. The lowest BCUT2D eigenvalue weighted by Crippen LogP contribution is -2.18. The van der Waals surface area contributed by atoms with Crippen molar-refractivity contribution in [1.82, 2.24) is 20.3 Å². The highest BCUT2D eigenvalue weighted by Crippen LogP contribution is 2.26. The Bertz CT molecular complexity index is 868. The first kappa shape index (κ1) is 17.0. The van der Waals surface area contributed by atoms with Crippen LogP contribution < -0.4 is 10.6 Å². The molecule has 1 aromatic carbocycles. The molecule has 7 heteroatoms. The predicted molar refractivity (Wildman–Crippen MR) is 99.9 cm³/mol. The molecule has 3 rings (SSSR count). The fourth-order valence-corrected chi connectivity index (χ4v) is 3.07. The van der Waals surface area contributed by atoms with Crippen molar-refractivity contribution in [2.75, 3.05) is 5.32 Å². The highest BCUT2D eigenvalue weighted by molar-refractivity contribution is 7.14. The van der Waals surface area contributed by atoms with Crippen molar-refractivity contribution in [3.05, 3.63) is 52.7 Å². The summed E-state index contributed by atoms with van der Waals surface area (Å²) in [6.07, 6.45) is 0. The Morgan fingerprint density at radius 2 is 1.76 bits per heavy atom. The minimum atomic E-state index is -0.0344. The molecule has 25 heavy (non-hydrogen) atoms. The number of hydrogen-bond donors (Lipinski definition) is 2. The van der Waals surface area contributed by atoms with E-state index in [0.29, 0.717) is 12.5 Å². The van der Waals surface area contributed by atoms with Crippen molar-refractivity contribution in [2.45, 2.75) is 27.3 Å². The van der Waals surface area contributed by atoms with E-state index in [1.807, 2.05) is 49.6 Å². The van der Waals surface area contributed by atoms with E-state index in [2.05, 4.69) is 25.6 Å². The Balaban J connectivity index is 1.71. The van der Waals surface area contributed by atoms with Crippen LogP contribution in [0.5, 0.6) is 0 Å². The van der Waals surface area contributed by atoms with Crippen molar-refractivity contribution in [3.63, 3.8) is 0 Å². The van der Waals surface area contributed by atoms with Crippen LogP contribution in [0.3, 0.4) is 0 Å². The predicted octanol–water partition coefficient (Wildman–Crippen LogP) is 3.60. The van der Waals surface area contributed by atoms with Gasteiger partial charge in [0.1, 0.15) is 0 Å². The third kappa shape index (κ3) is 4.60. The van der Waals surface area contributed by atoms with Crippen LogP contribution in [0.2, 0.25) is 0 Å². The molecule has 6 nitrogen and oxygen atoms in total. The molecule has 0 aliphatic rings. The molecule has 2 N–H and O–H groups in total. The molecule has 1 amide bonds. The molecule has 0 radical (unpaired) electrons. The van der Waals surface area contributed by atoms with Crippen molar-refractivity contribution in [3.8, 4) is 11.3 Å². The molecule has 2 heterocycles. The van der Waals surface area contributed by atoms with Gasteiger partial charge < -0.3 is 10.6 Å². The lowest BCUT2D eigenvalue weighted by molar-refractivity contribution is -0.119. The molecule has 0 atom stereocenters. The van der Waals surface area contributed by atoms with Gasteiger partial charge in [0.15, 0.2) is 5.13 Å². The zero-order valence-corrected chi connectivity index (χ0v) is 15.1. The molecule has 0 unspecified atom stereocenters. The summed E-state index contributed by atoms with van der Waals surface area (Å²) >= 11 is 1.51. The summed E-state index contributed by atoms with van der Waals surface area (Å²) in [6, 6.07) is 9.92. The smallest absolute Gasteiger partial charge is 0.229 e. The van der Waals surface area contributed by atoms with Gasteiger partial charge in [0.05, 0.1) is 5.69 Å². The van der Waals surface area contributed by atoms with Crippen LogP contribution in [0.4, 0.5) is 11.1 Å². The molecule has 0 aliphatic heterocycles. The second-order valence-corrected chi connectivity index (χ2v) is 6.60. The minimum absolute atomic E-state index is 0.0344. The van der Waals surface area contributed by atoms with Gasteiger partial charge in [0.2, 0.25) is 11.9 Å². The molecule has 0 bridgehead atoms. The molecule has 2 aromatic heterocycles. The number of rotatable bonds is 5. The highest BCUT2D eigenvalue weighted by Gasteiger charge is 2.07. The fraction of sp³-hybridized carbons (Fsp3) is 0.222. The van der Waals surface area contributed by atoms with E-state index in [0.717, 1.165) is 33.3 Å². The van der Waals surface area contributed by atoms with Gasteiger partial charge in [-0.25, -0.2) is 15.0 Å². The van der Waals surface area contributed by atoms with Crippen LogP contribution >= 0.6 is 11.3 Å². The summed E-state index contributed by atoms with van der Waals surface area (Å²) in [5, 5.41) is 8.69. The Morgan fingerprint density at radius 1 is 1.08 bits per heavy atom. The summed E-state index contributed by atoms with van der Waals surface area (Å²) in [4.78, 5) is 24.3. The lowest BCUT2D eigenvalue weighted by atomic mass is 10.1. The van der Waals surface area contributed by atoms with Crippen molar-refractivity contribution in [1.29, 1.82) is 0 Å². The summed E-state index contributed by atoms with van der Waals surface area (Å²) in [5.74, 6) is 0.525. The van der Waals surface area contributed by atoms with Gasteiger partial charge in [-0.15, -0.1) is 11.3 Å². The van der Waals surface area contributed by atoms with Gasteiger partial charge in [0, 0.05) is 35.8 Å². The van der Waals surface area contributed by atoms with Gasteiger partial charge in [-0.1, -0.05) is 24.3 Å². The fourth-order valence-electron chi connectivity index (χ4n) is 2.36. The lowest BCUT2D eigenvalue weighted by Gasteiger charge is -2.04. The molecular weight excluding hydrogens is 334 g/mol. The van der Waals surface area contributed by atoms with Crippen LogP contribution in [0, 0.1) is 13.8 Å². The molecule has 0 saturated carbocycles. The van der Waals surface area contributed by atoms with Crippen LogP contribution in [-0.4, -0.2) is 20.9 Å². The molecular formula is C18H19N5OS. The van der Waals surface area contributed by atoms with Gasteiger partial charge in [-0.05, 0) is 25.5 Å². The maximum Gasteiger partial charge on any atom is 0.229 e. The Kier molecular flexibility index (Phi) is 5.04. The van der Waals surface area contributed by atoms with E-state index in [9.17, 15) is 4.79 Å². The normalized spacial score (nSPS) is 10.5. The van der Waals surface area contributed by atoms with Crippen LogP contribution in [0.25, 0.3) is 11.3 Å². The molecule has 3 aromatic rings. The summed E-state index contributed by atoms with van der Waals surface area (Å²) in [7, 11) is 0. The maximum absolute atomic E-state index is 11.0. The zero-order valence-electron chi connectivity index (χ0n) is 14.3. The van der Waals surface area contributed by atoms with Crippen molar-refractivity contribution >= 4 is 28.3 Å². The van der Waals surface area contributed by atoms with E-state index in [1.165, 1.54) is 18.3 Å². The van der Waals surface area contributed by atoms with E-state index in [1.54, 1.807) is 0 Å². The second-order valence-electron chi connectivity index (χ2n) is 5.74. The van der Waals surface area contributed by atoms with Crippen LogP contribution in [0.1, 0.15) is 23.9 Å². The number of carbonyl (C=O) groups excluding carboxylic acids is 1. The first-order valence-electron chi connectivity index (χ1n) is 7.88. The highest BCUT2D eigenvalue weighted by atomic mass is 32.1. The van der Waals surface area contributed by atoms with E-state index >= 15 is 0 Å². The third-order valence-electron chi connectivity index (χ3n) is 3.50. The topological polar surface area (TPSA) is 79.8 Å². The molecule has 128 valence electrons. The largest absolute Gasteiger partial charge is 0.352 e. The number of benzene rings is 1. The van der Waals surface area contributed by atoms with E-state index < -0.39 is 0 Å². The number of amides is 1. The van der Waals surface area contributed by atoms with E-state index in [-0.39, 0.29) is 5.91 Å². The van der Waals surface area contributed by atoms with Gasteiger partial charge >= 0.3 is 0 Å². The van der Waals surface area contributed by atoms with Gasteiger partial charge in [0.25, 0.3) is 0 Å². The van der Waals surface area contributed by atoms with E-state index in [4.69, 9.17) is 0 Å². The first-order valence-corrected chi connectivity index (χ1v) is 8.76. The number of anilines is 2. The Morgan fingerprint density at radius 3 is 2.40 bits per heavy atom. The average Bonchev–Trinajstić information content (AvgIpc) is 3.01. The summed E-state index contributed by atoms with van der Waals surface area (Å²) < 4.78 is 0. The van der Waals surface area contributed by atoms with Gasteiger partial charge in [-0.3, -0.25) is 4.79 Å². The molecule has 0 saturated heterocycles. The summed E-state index contributed by atoms with van der Waals surface area (Å²) in [5.41, 5.74) is 4.81. The van der Waals surface area contributed by atoms with Crippen LogP contribution in [-0.2, 0) is 11.3 Å². The molecule has 0 aliphatic carbocycles. The SMILES string of the molecule is CC(=O)NCc1ccc(-c2csc(Nc3nc(C)cc(C)n3)n2)cc1. The quantitative estimate of drug-likeness (QED) is 0.733. The number of aromatic nitrogens is 3. The minimum Gasteiger partial charge on any atom is -0.352 e. The maximum atomic E-state index is 11.0.